The van der Waals surface area contributed by atoms with Gasteiger partial charge in [0.2, 0.25) is 0 Å². The quantitative estimate of drug-likeness (QED) is 0.742. The molecule has 4 heteroatoms. The van der Waals surface area contributed by atoms with E-state index in [1.54, 1.807) is 24.0 Å². The highest BCUT2D eigenvalue weighted by Crippen LogP contribution is 2.29. The SMILES string of the molecule is Cc1ccc(C(=O)N2C[C@H]3C[C@H]2CO3)cc1F. The zero-order valence-electron chi connectivity index (χ0n) is 9.65. The molecule has 17 heavy (non-hydrogen) atoms. The van der Waals surface area contributed by atoms with Crippen LogP contribution in [0, 0.1) is 12.7 Å². The molecule has 2 heterocycles. The number of carbonyl (C=O) groups excluding carboxylic acids is 1. The predicted octanol–water partition coefficient (Wildman–Crippen LogP) is 1.75. The van der Waals surface area contributed by atoms with Crippen molar-refractivity contribution in [2.24, 2.45) is 0 Å². The van der Waals surface area contributed by atoms with Gasteiger partial charge in [0.05, 0.1) is 18.8 Å². The number of benzene rings is 1. The average Bonchev–Trinajstić information content (AvgIpc) is 2.93. The molecule has 2 bridgehead atoms. The number of carbonyl (C=O) groups is 1. The van der Waals surface area contributed by atoms with Gasteiger partial charge in [-0.15, -0.1) is 0 Å². The number of halogens is 1. The lowest BCUT2D eigenvalue weighted by Crippen LogP contribution is -2.41. The van der Waals surface area contributed by atoms with Crippen molar-refractivity contribution < 1.29 is 13.9 Å². The van der Waals surface area contributed by atoms with Crippen LogP contribution in [0.2, 0.25) is 0 Å². The Bertz CT molecular complexity index is 474. The highest BCUT2D eigenvalue weighted by molar-refractivity contribution is 5.94. The first-order valence-corrected chi connectivity index (χ1v) is 5.84. The summed E-state index contributed by atoms with van der Waals surface area (Å²) < 4.78 is 18.9. The Balaban J connectivity index is 1.84. The Morgan fingerprint density at radius 2 is 2.35 bits per heavy atom. The van der Waals surface area contributed by atoms with Gasteiger partial charge in [-0.3, -0.25) is 4.79 Å². The minimum absolute atomic E-state index is 0.0836. The average molecular weight is 235 g/mol. The molecule has 3 nitrogen and oxygen atoms in total. The van der Waals surface area contributed by atoms with Crippen LogP contribution >= 0.6 is 0 Å². The molecule has 0 radical (unpaired) electrons. The number of morpholine rings is 1. The van der Waals surface area contributed by atoms with Crippen LogP contribution in [-0.2, 0) is 4.74 Å². The Hall–Kier alpha value is -1.42. The van der Waals surface area contributed by atoms with Gasteiger partial charge in [0.1, 0.15) is 5.82 Å². The van der Waals surface area contributed by atoms with Crippen molar-refractivity contribution >= 4 is 5.91 Å². The number of ether oxygens (including phenoxy) is 1. The fraction of sp³-hybridized carbons (Fsp3) is 0.462. The Morgan fingerprint density at radius 1 is 1.53 bits per heavy atom. The van der Waals surface area contributed by atoms with Crippen LogP contribution in [-0.4, -0.2) is 36.1 Å². The van der Waals surface area contributed by atoms with Gasteiger partial charge in [-0.1, -0.05) is 6.07 Å². The van der Waals surface area contributed by atoms with Crippen molar-refractivity contribution in [1.82, 2.24) is 4.90 Å². The number of hydrogen-bond donors (Lipinski definition) is 0. The molecule has 0 unspecified atom stereocenters. The summed E-state index contributed by atoms with van der Waals surface area (Å²) in [5.74, 6) is -0.406. The number of likely N-dealkylation sites (tertiary alicyclic amines) is 1. The van der Waals surface area contributed by atoms with E-state index in [2.05, 4.69) is 0 Å². The maximum Gasteiger partial charge on any atom is 0.254 e. The lowest BCUT2D eigenvalue weighted by atomic mass is 10.1. The van der Waals surface area contributed by atoms with Crippen LogP contribution in [0.3, 0.4) is 0 Å². The van der Waals surface area contributed by atoms with Gasteiger partial charge in [-0.25, -0.2) is 4.39 Å². The van der Waals surface area contributed by atoms with Gasteiger partial charge < -0.3 is 9.64 Å². The van der Waals surface area contributed by atoms with E-state index >= 15 is 0 Å². The van der Waals surface area contributed by atoms with E-state index in [1.165, 1.54) is 6.07 Å². The van der Waals surface area contributed by atoms with Gasteiger partial charge in [0, 0.05) is 12.1 Å². The smallest absolute Gasteiger partial charge is 0.254 e. The van der Waals surface area contributed by atoms with Crippen LogP contribution in [0.15, 0.2) is 18.2 Å². The molecule has 0 N–H and O–H groups in total. The Labute approximate surface area is 99.2 Å². The summed E-state index contributed by atoms with van der Waals surface area (Å²) in [6, 6.07) is 4.84. The molecule has 1 aromatic rings. The largest absolute Gasteiger partial charge is 0.374 e. The number of nitrogens with zero attached hydrogens (tertiary/aromatic N) is 1. The van der Waals surface area contributed by atoms with E-state index in [0.29, 0.717) is 24.3 Å². The highest BCUT2D eigenvalue weighted by Gasteiger charge is 2.41. The molecule has 2 aliphatic rings. The maximum atomic E-state index is 13.4. The van der Waals surface area contributed by atoms with Crippen molar-refractivity contribution in [2.45, 2.75) is 25.5 Å². The van der Waals surface area contributed by atoms with Crippen LogP contribution < -0.4 is 0 Å². The van der Waals surface area contributed by atoms with E-state index in [-0.39, 0.29) is 23.9 Å². The zero-order valence-corrected chi connectivity index (χ0v) is 9.65. The molecule has 1 amide bonds. The third-order valence-electron chi connectivity index (χ3n) is 3.58. The highest BCUT2D eigenvalue weighted by atomic mass is 19.1. The number of rotatable bonds is 1. The van der Waals surface area contributed by atoms with Gasteiger partial charge in [0.25, 0.3) is 5.91 Å². The minimum Gasteiger partial charge on any atom is -0.374 e. The zero-order chi connectivity index (χ0) is 12.0. The molecular weight excluding hydrogens is 221 g/mol. The molecular formula is C13H14FNO2. The van der Waals surface area contributed by atoms with Crippen LogP contribution in [0.4, 0.5) is 4.39 Å². The van der Waals surface area contributed by atoms with E-state index in [4.69, 9.17) is 4.74 Å². The number of fused-ring (bicyclic) bond motifs is 2. The van der Waals surface area contributed by atoms with E-state index in [1.807, 2.05) is 0 Å². The number of hydrogen-bond acceptors (Lipinski definition) is 2. The third kappa shape index (κ3) is 1.72. The van der Waals surface area contributed by atoms with Crippen LogP contribution in [0.1, 0.15) is 22.3 Å². The fourth-order valence-corrected chi connectivity index (χ4v) is 2.54. The molecule has 2 saturated heterocycles. The molecule has 0 aliphatic carbocycles. The second kappa shape index (κ2) is 3.81. The van der Waals surface area contributed by atoms with Crippen molar-refractivity contribution in [3.63, 3.8) is 0 Å². The van der Waals surface area contributed by atoms with Crippen molar-refractivity contribution in [3.8, 4) is 0 Å². The third-order valence-corrected chi connectivity index (χ3v) is 3.58. The van der Waals surface area contributed by atoms with Gasteiger partial charge in [-0.05, 0) is 31.0 Å². The molecule has 2 fully saturated rings. The molecule has 90 valence electrons. The Morgan fingerprint density at radius 3 is 2.94 bits per heavy atom. The molecule has 3 rings (SSSR count). The summed E-state index contributed by atoms with van der Waals surface area (Å²) in [5, 5.41) is 0. The summed E-state index contributed by atoms with van der Waals surface area (Å²) >= 11 is 0. The second-order valence-electron chi connectivity index (χ2n) is 4.77. The van der Waals surface area contributed by atoms with Gasteiger partial charge in [-0.2, -0.15) is 0 Å². The summed E-state index contributed by atoms with van der Waals surface area (Å²) in [7, 11) is 0. The lowest BCUT2D eigenvalue weighted by molar-refractivity contribution is 0.0259. The molecule has 0 saturated carbocycles. The molecule has 1 aromatic carbocycles. The Kier molecular flexibility index (Phi) is 2.40. The maximum absolute atomic E-state index is 13.4. The summed E-state index contributed by atoms with van der Waals surface area (Å²) in [6.45, 7) is 2.94. The molecule has 0 aromatic heterocycles. The van der Waals surface area contributed by atoms with Gasteiger partial charge in [0.15, 0.2) is 0 Å². The monoisotopic (exact) mass is 235 g/mol. The minimum atomic E-state index is -0.323. The first kappa shape index (κ1) is 10.7. The van der Waals surface area contributed by atoms with Crippen molar-refractivity contribution in [2.75, 3.05) is 13.2 Å². The first-order valence-electron chi connectivity index (χ1n) is 5.84. The van der Waals surface area contributed by atoms with Crippen LogP contribution in [0.5, 0.6) is 0 Å². The van der Waals surface area contributed by atoms with Crippen molar-refractivity contribution in [1.29, 1.82) is 0 Å². The van der Waals surface area contributed by atoms with Crippen LogP contribution in [0.25, 0.3) is 0 Å². The first-order chi connectivity index (χ1) is 8.15. The van der Waals surface area contributed by atoms with Crippen molar-refractivity contribution in [3.05, 3.63) is 35.1 Å². The summed E-state index contributed by atoms with van der Waals surface area (Å²) in [4.78, 5) is 14.0. The molecule has 2 aliphatic heterocycles. The predicted molar refractivity (Wildman–Crippen MR) is 60.3 cm³/mol. The van der Waals surface area contributed by atoms with Gasteiger partial charge >= 0.3 is 0 Å². The number of amides is 1. The van der Waals surface area contributed by atoms with E-state index < -0.39 is 0 Å². The summed E-state index contributed by atoms with van der Waals surface area (Å²) in [6.07, 6.45) is 1.10. The second-order valence-corrected chi connectivity index (χ2v) is 4.77. The number of aryl methyl sites for hydroxylation is 1. The standard InChI is InChI=1S/C13H14FNO2/c1-8-2-3-9(4-12(8)14)13(16)15-6-11-5-10(15)7-17-11/h2-4,10-11H,5-7H2,1H3/t10-,11+/m0/s1. The fourth-order valence-electron chi connectivity index (χ4n) is 2.54. The summed E-state index contributed by atoms with van der Waals surface area (Å²) in [5.41, 5.74) is 0.994. The lowest BCUT2D eigenvalue weighted by Gasteiger charge is -2.27. The molecule has 0 spiro atoms. The normalized spacial score (nSPS) is 26.6. The molecule has 2 atom stereocenters. The van der Waals surface area contributed by atoms with E-state index in [0.717, 1.165) is 6.42 Å². The topological polar surface area (TPSA) is 29.5 Å². The van der Waals surface area contributed by atoms with E-state index in [9.17, 15) is 9.18 Å².